The number of nitrogens with one attached hydrogen (secondary N) is 1. The quantitative estimate of drug-likeness (QED) is 0.402. The van der Waals surface area contributed by atoms with E-state index in [-0.39, 0.29) is 11.3 Å². The number of Topliss-reactive ketones (excluding diaryl/α,β-unsaturated/α-hetero) is 1. The largest absolute Gasteiger partial charge is 0.506 e. The van der Waals surface area contributed by atoms with Crippen molar-refractivity contribution in [1.29, 1.82) is 0 Å². The SMILES string of the molecule is COCCCc1ccc2c(c1)C(C)(C)C(=O)C(C(=O)NCC(=O)OC(C)(C)C)=C2O. The molecule has 1 amide bonds. The van der Waals surface area contributed by atoms with Crippen LogP contribution in [0, 0.1) is 0 Å². The van der Waals surface area contributed by atoms with Gasteiger partial charge in [0.1, 0.15) is 23.5 Å². The third-order valence-electron chi connectivity index (χ3n) is 4.90. The molecule has 0 spiro atoms. The minimum Gasteiger partial charge on any atom is -0.506 e. The van der Waals surface area contributed by atoms with Crippen LogP contribution >= 0.6 is 0 Å². The number of hydrogen-bond donors (Lipinski definition) is 2. The van der Waals surface area contributed by atoms with Crippen molar-refractivity contribution in [3.05, 3.63) is 40.5 Å². The maximum Gasteiger partial charge on any atom is 0.325 e. The number of aryl methyl sites for hydroxylation is 1. The topological polar surface area (TPSA) is 102 Å². The molecule has 0 bridgehead atoms. The predicted molar refractivity (Wildman–Crippen MR) is 113 cm³/mol. The highest BCUT2D eigenvalue weighted by atomic mass is 16.6. The van der Waals surface area contributed by atoms with Gasteiger partial charge in [-0.2, -0.15) is 0 Å². The first kappa shape index (κ1) is 23.6. The third kappa shape index (κ3) is 5.27. The number of esters is 1. The number of rotatable bonds is 7. The Morgan fingerprint density at radius 1 is 1.20 bits per heavy atom. The number of amides is 1. The molecule has 7 heteroatoms. The number of ether oxygens (including phenoxy) is 2. The lowest BCUT2D eigenvalue weighted by Crippen LogP contribution is -2.43. The van der Waals surface area contributed by atoms with Gasteiger partial charge in [-0.3, -0.25) is 14.4 Å². The molecule has 1 aliphatic carbocycles. The normalized spacial score (nSPS) is 15.6. The molecule has 1 aromatic carbocycles. The lowest BCUT2D eigenvalue weighted by atomic mass is 9.70. The molecule has 0 aromatic heterocycles. The summed E-state index contributed by atoms with van der Waals surface area (Å²) < 4.78 is 10.2. The van der Waals surface area contributed by atoms with Crippen molar-refractivity contribution in [1.82, 2.24) is 5.32 Å². The van der Waals surface area contributed by atoms with E-state index in [1.54, 1.807) is 47.8 Å². The summed E-state index contributed by atoms with van der Waals surface area (Å²) in [5.74, 6) is -2.30. The van der Waals surface area contributed by atoms with Gasteiger partial charge in [-0.25, -0.2) is 0 Å². The highest BCUT2D eigenvalue weighted by Gasteiger charge is 2.43. The highest BCUT2D eigenvalue weighted by molar-refractivity contribution is 6.28. The van der Waals surface area contributed by atoms with Crippen molar-refractivity contribution >= 4 is 23.4 Å². The lowest BCUT2D eigenvalue weighted by molar-refractivity contribution is -0.154. The molecule has 0 radical (unpaired) electrons. The number of carbonyl (C=O) groups is 3. The second-order valence-corrected chi connectivity index (χ2v) is 8.92. The molecular weight excluding hydrogens is 386 g/mol. The monoisotopic (exact) mass is 417 g/mol. The van der Waals surface area contributed by atoms with Gasteiger partial charge in [0, 0.05) is 19.3 Å². The van der Waals surface area contributed by atoms with Gasteiger partial charge in [0.05, 0.1) is 5.41 Å². The number of aliphatic hydroxyl groups is 1. The van der Waals surface area contributed by atoms with E-state index in [0.717, 1.165) is 18.4 Å². The molecule has 2 N–H and O–H groups in total. The Hall–Kier alpha value is -2.67. The smallest absolute Gasteiger partial charge is 0.325 e. The van der Waals surface area contributed by atoms with Gasteiger partial charge in [-0.15, -0.1) is 0 Å². The van der Waals surface area contributed by atoms with Crippen molar-refractivity contribution in [2.75, 3.05) is 20.3 Å². The average Bonchev–Trinajstić information content (AvgIpc) is 2.64. The van der Waals surface area contributed by atoms with Crippen LogP contribution in [0.5, 0.6) is 0 Å². The Morgan fingerprint density at radius 2 is 1.87 bits per heavy atom. The molecule has 0 unspecified atom stereocenters. The van der Waals surface area contributed by atoms with Crippen molar-refractivity contribution in [3.8, 4) is 0 Å². The zero-order chi connectivity index (χ0) is 22.7. The van der Waals surface area contributed by atoms with Crippen molar-refractivity contribution in [2.24, 2.45) is 0 Å². The van der Waals surface area contributed by atoms with Crippen molar-refractivity contribution < 1.29 is 29.0 Å². The second-order valence-electron chi connectivity index (χ2n) is 8.92. The Kier molecular flexibility index (Phi) is 7.08. The molecule has 0 heterocycles. The summed E-state index contributed by atoms with van der Waals surface area (Å²) in [5.41, 5.74) is 0.102. The molecule has 30 heavy (non-hydrogen) atoms. The second kappa shape index (κ2) is 9.00. The van der Waals surface area contributed by atoms with Crippen LogP contribution in [-0.4, -0.2) is 48.6 Å². The van der Waals surface area contributed by atoms with Crippen LogP contribution < -0.4 is 5.32 Å². The molecule has 0 atom stereocenters. The van der Waals surface area contributed by atoms with E-state index in [9.17, 15) is 19.5 Å². The molecule has 0 saturated heterocycles. The summed E-state index contributed by atoms with van der Waals surface area (Å²) in [5, 5.41) is 13.1. The molecule has 2 rings (SSSR count). The molecular formula is C23H31NO6. The highest BCUT2D eigenvalue weighted by Crippen LogP contribution is 2.40. The summed E-state index contributed by atoms with van der Waals surface area (Å²) in [7, 11) is 1.65. The Labute approximate surface area is 177 Å². The molecule has 164 valence electrons. The number of hydrogen-bond acceptors (Lipinski definition) is 6. The minimum absolute atomic E-state index is 0.344. The van der Waals surface area contributed by atoms with Gasteiger partial charge in [-0.05, 0) is 58.6 Å². The van der Waals surface area contributed by atoms with Gasteiger partial charge >= 0.3 is 5.97 Å². The van der Waals surface area contributed by atoms with Crippen LogP contribution in [-0.2, 0) is 35.7 Å². The fourth-order valence-corrected chi connectivity index (χ4v) is 3.40. The standard InChI is InChI=1S/C23H31NO6/c1-22(2,3)30-17(25)13-24-21(28)18-19(26)15-10-9-14(8-7-11-29-6)12-16(15)23(4,5)20(18)27/h9-10,12,26H,7-8,11,13H2,1-6H3,(H,24,28). The first-order valence-electron chi connectivity index (χ1n) is 9.99. The fraction of sp³-hybridized carbons (Fsp3) is 0.522. The summed E-state index contributed by atoms with van der Waals surface area (Å²) >= 11 is 0. The zero-order valence-corrected chi connectivity index (χ0v) is 18.5. The molecule has 0 fully saturated rings. The van der Waals surface area contributed by atoms with Crippen LogP contribution in [0.25, 0.3) is 5.76 Å². The van der Waals surface area contributed by atoms with E-state index in [2.05, 4.69) is 5.32 Å². The number of fused-ring (bicyclic) bond motifs is 1. The Bertz CT molecular complexity index is 876. The van der Waals surface area contributed by atoms with Crippen LogP contribution in [0.3, 0.4) is 0 Å². The molecule has 0 saturated carbocycles. The maximum absolute atomic E-state index is 13.1. The molecule has 0 aliphatic heterocycles. The van der Waals surface area contributed by atoms with Crippen LogP contribution in [0.4, 0.5) is 0 Å². The third-order valence-corrected chi connectivity index (χ3v) is 4.90. The summed E-state index contributed by atoms with van der Waals surface area (Å²) in [6.45, 7) is 8.83. The van der Waals surface area contributed by atoms with Crippen LogP contribution in [0.1, 0.15) is 57.7 Å². The van der Waals surface area contributed by atoms with Crippen LogP contribution in [0.15, 0.2) is 23.8 Å². The maximum atomic E-state index is 13.1. The summed E-state index contributed by atoms with van der Waals surface area (Å²) in [4.78, 5) is 37.6. The first-order chi connectivity index (χ1) is 13.9. The number of benzene rings is 1. The van der Waals surface area contributed by atoms with Gasteiger partial charge in [0.25, 0.3) is 5.91 Å². The number of ketones is 1. The van der Waals surface area contributed by atoms with E-state index in [0.29, 0.717) is 17.7 Å². The van der Waals surface area contributed by atoms with Crippen molar-refractivity contribution in [3.63, 3.8) is 0 Å². The number of methoxy groups -OCH3 is 1. The summed E-state index contributed by atoms with van der Waals surface area (Å²) in [6, 6.07) is 5.49. The Balaban J connectivity index is 2.29. The van der Waals surface area contributed by atoms with Gasteiger partial charge < -0.3 is 19.9 Å². The van der Waals surface area contributed by atoms with E-state index in [1.165, 1.54) is 0 Å². The van der Waals surface area contributed by atoms with Crippen LogP contribution in [0.2, 0.25) is 0 Å². The fourth-order valence-electron chi connectivity index (χ4n) is 3.40. The minimum atomic E-state index is -1.00. The Morgan fingerprint density at radius 3 is 2.47 bits per heavy atom. The van der Waals surface area contributed by atoms with Crippen molar-refractivity contribution in [2.45, 2.75) is 58.5 Å². The van der Waals surface area contributed by atoms with E-state index in [4.69, 9.17) is 9.47 Å². The lowest BCUT2D eigenvalue weighted by Gasteiger charge is -2.32. The first-order valence-corrected chi connectivity index (χ1v) is 9.99. The van der Waals surface area contributed by atoms with Gasteiger partial charge in [-0.1, -0.05) is 18.2 Å². The average molecular weight is 418 g/mol. The molecule has 7 nitrogen and oxygen atoms in total. The van der Waals surface area contributed by atoms with E-state index < -0.39 is 35.2 Å². The van der Waals surface area contributed by atoms with E-state index >= 15 is 0 Å². The summed E-state index contributed by atoms with van der Waals surface area (Å²) in [6.07, 6.45) is 1.61. The number of carbonyl (C=O) groups excluding carboxylic acids is 3. The van der Waals surface area contributed by atoms with E-state index in [1.807, 2.05) is 12.1 Å². The number of aliphatic hydroxyl groups excluding tert-OH is 1. The zero-order valence-electron chi connectivity index (χ0n) is 18.5. The predicted octanol–water partition coefficient (Wildman–Crippen LogP) is 2.85. The van der Waals surface area contributed by atoms with Gasteiger partial charge in [0.2, 0.25) is 0 Å². The van der Waals surface area contributed by atoms with Gasteiger partial charge in [0.15, 0.2) is 5.78 Å². The molecule has 1 aliphatic rings. The molecule has 1 aromatic rings.